The molecular weight excluding hydrogens is 302 g/mol. The SMILES string of the molecule is O=C(N[C@H]1c2ccccc2C[C@H]1O)c1cc2sccc2s1. The van der Waals surface area contributed by atoms with Crippen molar-refractivity contribution in [1.29, 1.82) is 0 Å². The van der Waals surface area contributed by atoms with Crippen molar-refractivity contribution in [3.63, 3.8) is 0 Å². The van der Waals surface area contributed by atoms with Crippen LogP contribution >= 0.6 is 22.7 Å². The van der Waals surface area contributed by atoms with Gasteiger partial charge in [-0.3, -0.25) is 4.79 Å². The van der Waals surface area contributed by atoms with Gasteiger partial charge in [-0.05, 0) is 28.6 Å². The molecule has 0 fully saturated rings. The lowest BCUT2D eigenvalue weighted by Gasteiger charge is -2.17. The Hall–Kier alpha value is -1.69. The number of aliphatic hydroxyl groups is 1. The molecule has 0 saturated carbocycles. The fourth-order valence-corrected chi connectivity index (χ4v) is 4.85. The summed E-state index contributed by atoms with van der Waals surface area (Å²) in [5, 5.41) is 15.2. The molecule has 2 aromatic heterocycles. The van der Waals surface area contributed by atoms with Crippen LogP contribution in [0.1, 0.15) is 26.8 Å². The zero-order valence-corrected chi connectivity index (χ0v) is 12.7. The lowest BCUT2D eigenvalue weighted by molar-refractivity contribution is 0.0862. The molecule has 3 aromatic rings. The Labute approximate surface area is 129 Å². The third-order valence-electron chi connectivity index (χ3n) is 3.85. The smallest absolute Gasteiger partial charge is 0.261 e. The Morgan fingerprint density at radius 3 is 2.95 bits per heavy atom. The summed E-state index contributed by atoms with van der Waals surface area (Å²) in [5.74, 6) is -0.107. The normalized spacial score (nSPS) is 20.6. The van der Waals surface area contributed by atoms with Gasteiger partial charge in [0.15, 0.2) is 0 Å². The minimum absolute atomic E-state index is 0.107. The van der Waals surface area contributed by atoms with Gasteiger partial charge in [0, 0.05) is 15.8 Å². The largest absolute Gasteiger partial charge is 0.390 e. The first kappa shape index (κ1) is 13.0. The molecule has 1 aromatic carbocycles. The van der Waals surface area contributed by atoms with Crippen LogP contribution in [-0.4, -0.2) is 17.1 Å². The Balaban J connectivity index is 1.61. The van der Waals surface area contributed by atoms with E-state index in [2.05, 4.69) is 5.32 Å². The van der Waals surface area contributed by atoms with E-state index < -0.39 is 6.10 Å². The summed E-state index contributed by atoms with van der Waals surface area (Å²) in [5.41, 5.74) is 2.14. The molecular formula is C16H13NO2S2. The number of hydrogen-bond donors (Lipinski definition) is 2. The predicted molar refractivity (Wildman–Crippen MR) is 86.1 cm³/mol. The molecule has 21 heavy (non-hydrogen) atoms. The van der Waals surface area contributed by atoms with Crippen LogP contribution in [0.3, 0.4) is 0 Å². The second kappa shape index (κ2) is 4.94. The van der Waals surface area contributed by atoms with E-state index in [0.717, 1.165) is 20.5 Å². The van der Waals surface area contributed by atoms with Crippen LogP contribution in [0.4, 0.5) is 0 Å². The van der Waals surface area contributed by atoms with E-state index in [9.17, 15) is 9.90 Å². The maximum atomic E-state index is 12.4. The minimum atomic E-state index is -0.549. The van der Waals surface area contributed by atoms with Crippen molar-refractivity contribution in [2.75, 3.05) is 0 Å². The zero-order chi connectivity index (χ0) is 14.4. The molecule has 0 aliphatic heterocycles. The predicted octanol–water partition coefficient (Wildman–Crippen LogP) is 3.35. The first-order chi connectivity index (χ1) is 10.2. The fraction of sp³-hybridized carbons (Fsp3) is 0.188. The fourth-order valence-electron chi connectivity index (χ4n) is 2.84. The molecule has 2 atom stereocenters. The molecule has 106 valence electrons. The average Bonchev–Trinajstić information content (AvgIpc) is 3.12. The molecule has 2 N–H and O–H groups in total. The van der Waals surface area contributed by atoms with Gasteiger partial charge in [-0.15, -0.1) is 22.7 Å². The zero-order valence-electron chi connectivity index (χ0n) is 11.1. The molecule has 5 heteroatoms. The number of amides is 1. The Morgan fingerprint density at radius 1 is 1.24 bits per heavy atom. The van der Waals surface area contributed by atoms with Crippen LogP contribution in [-0.2, 0) is 6.42 Å². The van der Waals surface area contributed by atoms with Gasteiger partial charge in [0.25, 0.3) is 5.91 Å². The van der Waals surface area contributed by atoms with E-state index >= 15 is 0 Å². The van der Waals surface area contributed by atoms with Crippen molar-refractivity contribution >= 4 is 38.0 Å². The molecule has 0 bridgehead atoms. The Bertz CT molecular complexity index is 792. The van der Waals surface area contributed by atoms with E-state index in [4.69, 9.17) is 0 Å². The lowest BCUT2D eigenvalue weighted by atomic mass is 10.1. The van der Waals surface area contributed by atoms with Crippen molar-refractivity contribution in [3.05, 3.63) is 57.8 Å². The molecule has 3 nitrogen and oxygen atoms in total. The number of fused-ring (bicyclic) bond motifs is 2. The van der Waals surface area contributed by atoms with E-state index in [-0.39, 0.29) is 11.9 Å². The third kappa shape index (κ3) is 2.18. The number of hydrogen-bond acceptors (Lipinski definition) is 4. The highest BCUT2D eigenvalue weighted by molar-refractivity contribution is 7.27. The summed E-state index contributed by atoms with van der Waals surface area (Å²) in [6.45, 7) is 0. The molecule has 1 aliphatic rings. The molecule has 0 radical (unpaired) electrons. The maximum absolute atomic E-state index is 12.4. The topological polar surface area (TPSA) is 49.3 Å². The quantitative estimate of drug-likeness (QED) is 0.762. The van der Waals surface area contributed by atoms with Gasteiger partial charge in [0.05, 0.1) is 17.0 Å². The number of benzene rings is 1. The first-order valence-corrected chi connectivity index (χ1v) is 8.46. The number of nitrogens with one attached hydrogen (secondary N) is 1. The van der Waals surface area contributed by atoms with Gasteiger partial charge >= 0.3 is 0 Å². The van der Waals surface area contributed by atoms with Crippen LogP contribution in [0.5, 0.6) is 0 Å². The van der Waals surface area contributed by atoms with Crippen LogP contribution in [0.25, 0.3) is 9.40 Å². The Morgan fingerprint density at radius 2 is 2.10 bits per heavy atom. The second-order valence-electron chi connectivity index (χ2n) is 5.18. The van der Waals surface area contributed by atoms with E-state index in [1.165, 1.54) is 11.3 Å². The summed E-state index contributed by atoms with van der Waals surface area (Å²) in [6, 6.07) is 11.5. The number of carbonyl (C=O) groups is 1. The molecule has 0 spiro atoms. The van der Waals surface area contributed by atoms with Crippen LogP contribution in [0, 0.1) is 0 Å². The van der Waals surface area contributed by atoms with Crippen LogP contribution < -0.4 is 5.32 Å². The maximum Gasteiger partial charge on any atom is 0.261 e. The van der Waals surface area contributed by atoms with Gasteiger partial charge in [-0.25, -0.2) is 0 Å². The molecule has 4 rings (SSSR count). The van der Waals surface area contributed by atoms with Crippen LogP contribution in [0.15, 0.2) is 41.8 Å². The summed E-state index contributed by atoms with van der Waals surface area (Å²) < 4.78 is 2.27. The number of aliphatic hydroxyl groups excluding tert-OH is 1. The van der Waals surface area contributed by atoms with Gasteiger partial charge in [-0.1, -0.05) is 24.3 Å². The molecule has 0 unspecified atom stereocenters. The van der Waals surface area contributed by atoms with Gasteiger partial charge in [-0.2, -0.15) is 0 Å². The summed E-state index contributed by atoms with van der Waals surface area (Å²) in [6.07, 6.45) is 0.0492. The molecule has 2 heterocycles. The van der Waals surface area contributed by atoms with Crippen molar-refractivity contribution in [2.24, 2.45) is 0 Å². The lowest BCUT2D eigenvalue weighted by Crippen LogP contribution is -2.33. The molecule has 0 saturated heterocycles. The van der Waals surface area contributed by atoms with Crippen molar-refractivity contribution < 1.29 is 9.90 Å². The van der Waals surface area contributed by atoms with Gasteiger partial charge < -0.3 is 10.4 Å². The molecule has 1 amide bonds. The first-order valence-electron chi connectivity index (χ1n) is 6.76. The number of carbonyl (C=O) groups excluding carboxylic acids is 1. The van der Waals surface area contributed by atoms with Crippen molar-refractivity contribution in [3.8, 4) is 0 Å². The van der Waals surface area contributed by atoms with E-state index in [0.29, 0.717) is 11.3 Å². The number of thiophene rings is 2. The minimum Gasteiger partial charge on any atom is -0.390 e. The highest BCUT2D eigenvalue weighted by Crippen LogP contribution is 2.33. The van der Waals surface area contributed by atoms with Crippen molar-refractivity contribution in [1.82, 2.24) is 5.32 Å². The van der Waals surface area contributed by atoms with Gasteiger partial charge in [0.1, 0.15) is 0 Å². The second-order valence-corrected chi connectivity index (χ2v) is 7.21. The average molecular weight is 315 g/mol. The van der Waals surface area contributed by atoms with Crippen molar-refractivity contribution in [2.45, 2.75) is 18.6 Å². The number of rotatable bonds is 2. The standard InChI is InChI=1S/C16H13NO2S2/c18-11-7-9-3-1-2-4-10(9)15(11)17-16(19)14-8-13-12(21-14)5-6-20-13/h1-6,8,11,15,18H,7H2,(H,17,19)/t11-,15+/m1/s1. The highest BCUT2D eigenvalue weighted by Gasteiger charge is 2.32. The van der Waals surface area contributed by atoms with E-state index in [1.54, 1.807) is 11.3 Å². The summed E-state index contributed by atoms with van der Waals surface area (Å²) in [4.78, 5) is 13.1. The summed E-state index contributed by atoms with van der Waals surface area (Å²) in [7, 11) is 0. The monoisotopic (exact) mass is 315 g/mol. The Kier molecular flexibility index (Phi) is 3.06. The van der Waals surface area contributed by atoms with Gasteiger partial charge in [0.2, 0.25) is 0 Å². The molecule has 1 aliphatic carbocycles. The highest BCUT2D eigenvalue weighted by atomic mass is 32.1. The van der Waals surface area contributed by atoms with Crippen LogP contribution in [0.2, 0.25) is 0 Å². The third-order valence-corrected chi connectivity index (χ3v) is 5.95. The van der Waals surface area contributed by atoms with E-state index in [1.807, 2.05) is 41.8 Å². The summed E-state index contributed by atoms with van der Waals surface area (Å²) >= 11 is 3.13.